The standard InChI is InChI=1S/C17H24N2S/c1-4-10-18-12-15-17(14-8-6-5-7-9-14)20-16(19-15)11-13(2)3/h5-9,13,18H,4,10-12H2,1-3H3. The molecule has 0 fully saturated rings. The highest BCUT2D eigenvalue weighted by molar-refractivity contribution is 7.15. The fraction of sp³-hybridized carbons (Fsp3) is 0.471. The van der Waals surface area contributed by atoms with Crippen molar-refractivity contribution in [1.82, 2.24) is 10.3 Å². The van der Waals surface area contributed by atoms with Crippen LogP contribution in [-0.4, -0.2) is 11.5 Å². The zero-order chi connectivity index (χ0) is 14.4. The van der Waals surface area contributed by atoms with Crippen LogP contribution in [0.3, 0.4) is 0 Å². The van der Waals surface area contributed by atoms with E-state index in [2.05, 4.69) is 56.4 Å². The summed E-state index contributed by atoms with van der Waals surface area (Å²) < 4.78 is 0. The molecule has 0 bridgehead atoms. The van der Waals surface area contributed by atoms with Gasteiger partial charge in [0.15, 0.2) is 0 Å². The fourth-order valence-electron chi connectivity index (χ4n) is 2.16. The molecule has 1 aromatic carbocycles. The second kappa shape index (κ2) is 7.55. The molecule has 0 amide bonds. The first-order valence-corrected chi connectivity index (χ1v) is 8.27. The summed E-state index contributed by atoms with van der Waals surface area (Å²) in [5, 5.41) is 4.73. The van der Waals surface area contributed by atoms with Gasteiger partial charge in [0.05, 0.1) is 15.6 Å². The van der Waals surface area contributed by atoms with Gasteiger partial charge in [-0.15, -0.1) is 11.3 Å². The van der Waals surface area contributed by atoms with Gasteiger partial charge in [-0.25, -0.2) is 4.98 Å². The van der Waals surface area contributed by atoms with Crippen LogP contribution in [0.1, 0.15) is 37.9 Å². The number of rotatable bonds is 7. The van der Waals surface area contributed by atoms with Crippen LogP contribution >= 0.6 is 11.3 Å². The summed E-state index contributed by atoms with van der Waals surface area (Å²) in [4.78, 5) is 6.18. The van der Waals surface area contributed by atoms with E-state index in [1.54, 1.807) is 0 Å². The molecule has 2 nitrogen and oxygen atoms in total. The Hall–Kier alpha value is -1.19. The average molecular weight is 288 g/mol. The van der Waals surface area contributed by atoms with Crippen LogP contribution < -0.4 is 5.32 Å². The van der Waals surface area contributed by atoms with E-state index in [-0.39, 0.29) is 0 Å². The molecule has 0 unspecified atom stereocenters. The van der Waals surface area contributed by atoms with E-state index < -0.39 is 0 Å². The Kier molecular flexibility index (Phi) is 5.74. The van der Waals surface area contributed by atoms with Gasteiger partial charge in [0.2, 0.25) is 0 Å². The molecule has 2 aromatic rings. The molecule has 0 aliphatic heterocycles. The van der Waals surface area contributed by atoms with Crippen LogP contribution in [0.4, 0.5) is 0 Å². The summed E-state index contributed by atoms with van der Waals surface area (Å²) in [6.07, 6.45) is 2.22. The maximum absolute atomic E-state index is 4.85. The van der Waals surface area contributed by atoms with Crippen molar-refractivity contribution in [3.05, 3.63) is 41.0 Å². The first kappa shape index (κ1) is 15.2. The molecule has 0 aliphatic carbocycles. The first-order chi connectivity index (χ1) is 9.70. The van der Waals surface area contributed by atoms with Gasteiger partial charge >= 0.3 is 0 Å². The maximum atomic E-state index is 4.85. The van der Waals surface area contributed by atoms with Gasteiger partial charge in [-0.3, -0.25) is 0 Å². The number of aromatic nitrogens is 1. The van der Waals surface area contributed by atoms with Gasteiger partial charge in [-0.2, -0.15) is 0 Å². The van der Waals surface area contributed by atoms with Crippen molar-refractivity contribution in [2.75, 3.05) is 6.54 Å². The molecule has 1 aromatic heterocycles. The van der Waals surface area contributed by atoms with Crippen LogP contribution in [0.5, 0.6) is 0 Å². The highest BCUT2D eigenvalue weighted by atomic mass is 32.1. The summed E-state index contributed by atoms with van der Waals surface area (Å²) in [5.41, 5.74) is 2.48. The Labute approximate surface area is 126 Å². The molecule has 1 N–H and O–H groups in total. The topological polar surface area (TPSA) is 24.9 Å². The minimum absolute atomic E-state index is 0.654. The van der Waals surface area contributed by atoms with Gasteiger partial charge in [-0.1, -0.05) is 51.1 Å². The first-order valence-electron chi connectivity index (χ1n) is 7.45. The fourth-order valence-corrected chi connectivity index (χ4v) is 3.45. The Bertz CT molecular complexity index is 517. The normalized spacial score (nSPS) is 11.2. The van der Waals surface area contributed by atoms with Crippen LogP contribution in [0.15, 0.2) is 30.3 Å². The van der Waals surface area contributed by atoms with Crippen molar-refractivity contribution in [1.29, 1.82) is 0 Å². The smallest absolute Gasteiger partial charge is 0.0937 e. The second-order valence-corrected chi connectivity index (χ2v) is 6.61. The Balaban J connectivity index is 2.24. The van der Waals surface area contributed by atoms with Gasteiger partial charge in [-0.05, 0) is 24.4 Å². The Morgan fingerprint density at radius 2 is 1.95 bits per heavy atom. The molecule has 1 heterocycles. The third-order valence-electron chi connectivity index (χ3n) is 3.08. The molecule has 20 heavy (non-hydrogen) atoms. The monoisotopic (exact) mass is 288 g/mol. The molecule has 0 aliphatic rings. The van der Waals surface area contributed by atoms with E-state index in [4.69, 9.17) is 4.98 Å². The molecule has 3 heteroatoms. The number of benzene rings is 1. The van der Waals surface area contributed by atoms with Crippen molar-refractivity contribution >= 4 is 11.3 Å². The van der Waals surface area contributed by atoms with Crippen molar-refractivity contribution in [3.8, 4) is 10.4 Å². The predicted octanol–water partition coefficient (Wildman–Crippen LogP) is 4.51. The zero-order valence-electron chi connectivity index (χ0n) is 12.6. The molecule has 0 spiro atoms. The maximum Gasteiger partial charge on any atom is 0.0937 e. The van der Waals surface area contributed by atoms with Crippen LogP contribution in [0.25, 0.3) is 10.4 Å². The molecule has 0 saturated carbocycles. The van der Waals surface area contributed by atoms with Crippen molar-refractivity contribution in [2.45, 2.75) is 40.2 Å². The zero-order valence-corrected chi connectivity index (χ0v) is 13.5. The summed E-state index contributed by atoms with van der Waals surface area (Å²) in [6.45, 7) is 8.60. The van der Waals surface area contributed by atoms with E-state index in [0.717, 1.165) is 25.9 Å². The third kappa shape index (κ3) is 4.15. The van der Waals surface area contributed by atoms with Gasteiger partial charge in [0, 0.05) is 13.0 Å². The van der Waals surface area contributed by atoms with Crippen molar-refractivity contribution < 1.29 is 0 Å². The summed E-state index contributed by atoms with van der Waals surface area (Å²) in [7, 11) is 0. The molecular formula is C17H24N2S. The quantitative estimate of drug-likeness (QED) is 0.758. The minimum atomic E-state index is 0.654. The highest BCUT2D eigenvalue weighted by Gasteiger charge is 2.13. The van der Waals surface area contributed by atoms with E-state index in [1.807, 2.05) is 11.3 Å². The molecular weight excluding hydrogens is 264 g/mol. The minimum Gasteiger partial charge on any atom is -0.311 e. The lowest BCUT2D eigenvalue weighted by Crippen LogP contribution is -2.14. The number of thiazole rings is 1. The van der Waals surface area contributed by atoms with E-state index in [0.29, 0.717) is 5.92 Å². The van der Waals surface area contributed by atoms with Gasteiger partial charge in [0.25, 0.3) is 0 Å². The summed E-state index contributed by atoms with van der Waals surface area (Å²) >= 11 is 1.85. The van der Waals surface area contributed by atoms with Crippen LogP contribution in [-0.2, 0) is 13.0 Å². The van der Waals surface area contributed by atoms with Crippen molar-refractivity contribution in [3.63, 3.8) is 0 Å². The lowest BCUT2D eigenvalue weighted by Gasteiger charge is -2.03. The second-order valence-electron chi connectivity index (χ2n) is 5.52. The summed E-state index contributed by atoms with van der Waals surface area (Å²) in [6, 6.07) is 10.6. The van der Waals surface area contributed by atoms with Crippen molar-refractivity contribution in [2.24, 2.45) is 5.92 Å². The Morgan fingerprint density at radius 1 is 1.20 bits per heavy atom. The van der Waals surface area contributed by atoms with Crippen LogP contribution in [0, 0.1) is 5.92 Å². The molecule has 2 rings (SSSR count). The van der Waals surface area contributed by atoms with Gasteiger partial charge < -0.3 is 5.32 Å². The van der Waals surface area contributed by atoms with E-state index in [1.165, 1.54) is 21.1 Å². The average Bonchev–Trinajstić information content (AvgIpc) is 2.82. The number of hydrogen-bond acceptors (Lipinski definition) is 3. The number of nitrogens with zero attached hydrogens (tertiary/aromatic N) is 1. The predicted molar refractivity (Wildman–Crippen MR) is 88.1 cm³/mol. The lowest BCUT2D eigenvalue weighted by atomic mass is 10.1. The largest absolute Gasteiger partial charge is 0.311 e. The van der Waals surface area contributed by atoms with E-state index in [9.17, 15) is 0 Å². The highest BCUT2D eigenvalue weighted by Crippen LogP contribution is 2.31. The molecule has 108 valence electrons. The number of hydrogen-bond donors (Lipinski definition) is 1. The van der Waals surface area contributed by atoms with E-state index >= 15 is 0 Å². The molecule has 0 saturated heterocycles. The number of nitrogens with one attached hydrogen (secondary N) is 1. The summed E-state index contributed by atoms with van der Waals surface area (Å²) in [5.74, 6) is 0.654. The van der Waals surface area contributed by atoms with Crippen LogP contribution in [0.2, 0.25) is 0 Å². The molecule has 0 radical (unpaired) electrons. The SMILES string of the molecule is CCCNCc1nc(CC(C)C)sc1-c1ccccc1. The third-order valence-corrected chi connectivity index (χ3v) is 4.25. The molecule has 0 atom stereocenters. The van der Waals surface area contributed by atoms with Gasteiger partial charge in [0.1, 0.15) is 0 Å². The lowest BCUT2D eigenvalue weighted by molar-refractivity contribution is 0.635. The Morgan fingerprint density at radius 3 is 2.60 bits per heavy atom.